The summed E-state index contributed by atoms with van der Waals surface area (Å²) in [6.07, 6.45) is 1.63. The van der Waals surface area contributed by atoms with Crippen molar-refractivity contribution in [2.45, 2.75) is 13.8 Å². The molecule has 0 atom stereocenters. The Morgan fingerprint density at radius 2 is 1.96 bits per heavy atom. The highest BCUT2D eigenvalue weighted by Gasteiger charge is 2.17. The largest absolute Gasteiger partial charge is 0.454 e. The van der Waals surface area contributed by atoms with Crippen molar-refractivity contribution in [3.63, 3.8) is 0 Å². The number of nitrogens with zero attached hydrogens (tertiary/aromatic N) is 3. The van der Waals surface area contributed by atoms with Crippen LogP contribution in [0.3, 0.4) is 0 Å². The molecule has 6 heteroatoms. The van der Waals surface area contributed by atoms with E-state index in [2.05, 4.69) is 4.57 Å². The molecule has 0 N–H and O–H groups in total. The summed E-state index contributed by atoms with van der Waals surface area (Å²) in [7, 11) is 3.26. The first kappa shape index (κ1) is 16.7. The number of aryl methyl sites for hydroxylation is 1. The second-order valence-corrected chi connectivity index (χ2v) is 6.07. The zero-order valence-corrected chi connectivity index (χ0v) is 14.7. The SMILES string of the molecule is Cc1cc(/C=C(\C#N)C(=O)N(C)C)c(C)n1-c1ccc2c(c1)OCO2. The summed E-state index contributed by atoms with van der Waals surface area (Å²) in [5, 5.41) is 9.29. The van der Waals surface area contributed by atoms with Crippen LogP contribution in [-0.2, 0) is 4.79 Å². The van der Waals surface area contributed by atoms with Crippen LogP contribution in [0, 0.1) is 25.2 Å². The van der Waals surface area contributed by atoms with Crippen molar-refractivity contribution in [3.05, 3.63) is 46.8 Å². The highest BCUT2D eigenvalue weighted by molar-refractivity contribution is 6.01. The Kier molecular flexibility index (Phi) is 4.24. The van der Waals surface area contributed by atoms with E-state index in [0.29, 0.717) is 5.75 Å². The van der Waals surface area contributed by atoms with E-state index in [1.54, 1.807) is 20.2 Å². The molecule has 25 heavy (non-hydrogen) atoms. The fourth-order valence-electron chi connectivity index (χ4n) is 2.89. The quantitative estimate of drug-likeness (QED) is 0.638. The van der Waals surface area contributed by atoms with Crippen LogP contribution >= 0.6 is 0 Å². The lowest BCUT2D eigenvalue weighted by atomic mass is 10.1. The van der Waals surface area contributed by atoms with Crippen LogP contribution in [0.15, 0.2) is 29.8 Å². The fraction of sp³-hybridized carbons (Fsp3) is 0.263. The van der Waals surface area contributed by atoms with E-state index in [1.807, 2.05) is 44.2 Å². The maximum absolute atomic E-state index is 12.1. The molecule has 2 heterocycles. The Labute approximate surface area is 146 Å². The Hall–Kier alpha value is -3.20. The van der Waals surface area contributed by atoms with Gasteiger partial charge >= 0.3 is 0 Å². The topological polar surface area (TPSA) is 67.5 Å². The predicted octanol–water partition coefficient (Wildman–Crippen LogP) is 2.82. The molecule has 3 rings (SSSR count). The van der Waals surface area contributed by atoms with Crippen molar-refractivity contribution in [2.24, 2.45) is 0 Å². The number of rotatable bonds is 3. The molecule has 0 spiro atoms. The van der Waals surface area contributed by atoms with Crippen molar-refractivity contribution in [3.8, 4) is 23.3 Å². The second kappa shape index (κ2) is 6.36. The Bertz CT molecular complexity index is 917. The van der Waals surface area contributed by atoms with Gasteiger partial charge in [0, 0.05) is 37.2 Å². The van der Waals surface area contributed by atoms with Crippen LogP contribution in [0.2, 0.25) is 0 Å². The molecule has 1 aliphatic heterocycles. The highest BCUT2D eigenvalue weighted by Crippen LogP contribution is 2.35. The molecule has 0 fully saturated rings. The molecule has 0 radical (unpaired) electrons. The molecule has 0 saturated heterocycles. The molecule has 0 bridgehead atoms. The molecular formula is C19H19N3O3. The zero-order chi connectivity index (χ0) is 18.1. The first-order valence-electron chi connectivity index (χ1n) is 7.84. The summed E-state index contributed by atoms with van der Waals surface area (Å²) in [5.41, 5.74) is 3.82. The molecule has 6 nitrogen and oxygen atoms in total. The zero-order valence-electron chi connectivity index (χ0n) is 14.7. The summed E-state index contributed by atoms with van der Waals surface area (Å²) in [4.78, 5) is 13.5. The van der Waals surface area contributed by atoms with Crippen molar-refractivity contribution in [2.75, 3.05) is 20.9 Å². The van der Waals surface area contributed by atoms with Gasteiger partial charge in [-0.25, -0.2) is 0 Å². The number of benzene rings is 1. The van der Waals surface area contributed by atoms with Gasteiger partial charge in [-0.1, -0.05) is 0 Å². The van der Waals surface area contributed by atoms with Crippen LogP contribution in [-0.4, -0.2) is 36.3 Å². The molecule has 1 aliphatic rings. The number of carbonyl (C=O) groups is 1. The van der Waals surface area contributed by atoms with E-state index in [-0.39, 0.29) is 18.3 Å². The maximum atomic E-state index is 12.1. The first-order valence-corrected chi connectivity index (χ1v) is 7.84. The molecule has 0 saturated carbocycles. The number of hydrogen-bond acceptors (Lipinski definition) is 4. The third-order valence-corrected chi connectivity index (χ3v) is 4.14. The van der Waals surface area contributed by atoms with Gasteiger partial charge in [-0.3, -0.25) is 4.79 Å². The number of likely N-dealkylation sites (N-methyl/N-ethyl adjacent to an activating group) is 1. The lowest BCUT2D eigenvalue weighted by Gasteiger charge is -2.11. The van der Waals surface area contributed by atoms with E-state index in [0.717, 1.165) is 28.4 Å². The lowest BCUT2D eigenvalue weighted by molar-refractivity contribution is -0.124. The van der Waals surface area contributed by atoms with Crippen molar-refractivity contribution in [1.29, 1.82) is 5.26 Å². The van der Waals surface area contributed by atoms with Gasteiger partial charge < -0.3 is 18.9 Å². The van der Waals surface area contributed by atoms with E-state index >= 15 is 0 Å². The molecule has 0 aliphatic carbocycles. The number of carbonyl (C=O) groups excluding carboxylic acids is 1. The number of nitriles is 1. The van der Waals surface area contributed by atoms with E-state index in [4.69, 9.17) is 9.47 Å². The van der Waals surface area contributed by atoms with Crippen LogP contribution in [0.1, 0.15) is 17.0 Å². The molecular weight excluding hydrogens is 318 g/mol. The normalized spacial score (nSPS) is 12.8. The summed E-state index contributed by atoms with van der Waals surface area (Å²) >= 11 is 0. The van der Waals surface area contributed by atoms with Gasteiger partial charge in [-0.05, 0) is 43.7 Å². The van der Waals surface area contributed by atoms with Gasteiger partial charge in [-0.15, -0.1) is 0 Å². The summed E-state index contributed by atoms with van der Waals surface area (Å²) < 4.78 is 12.9. The third-order valence-electron chi connectivity index (χ3n) is 4.14. The molecule has 1 amide bonds. The number of amides is 1. The highest BCUT2D eigenvalue weighted by atomic mass is 16.7. The van der Waals surface area contributed by atoms with Crippen molar-refractivity contribution >= 4 is 12.0 Å². The van der Waals surface area contributed by atoms with Gasteiger partial charge in [0.15, 0.2) is 11.5 Å². The van der Waals surface area contributed by atoms with Gasteiger partial charge in [-0.2, -0.15) is 5.26 Å². The summed E-state index contributed by atoms with van der Waals surface area (Å²) in [6.45, 7) is 4.17. The fourth-order valence-corrected chi connectivity index (χ4v) is 2.89. The van der Waals surface area contributed by atoms with Gasteiger partial charge in [0.05, 0.1) is 0 Å². The molecule has 1 aromatic heterocycles. The van der Waals surface area contributed by atoms with Crippen LogP contribution < -0.4 is 9.47 Å². The molecule has 0 unspecified atom stereocenters. The van der Waals surface area contributed by atoms with Gasteiger partial charge in [0.2, 0.25) is 6.79 Å². The van der Waals surface area contributed by atoms with Crippen molar-refractivity contribution < 1.29 is 14.3 Å². The lowest BCUT2D eigenvalue weighted by Crippen LogP contribution is -2.22. The number of ether oxygens (including phenoxy) is 2. The van der Waals surface area contributed by atoms with Gasteiger partial charge in [0.25, 0.3) is 5.91 Å². The molecule has 2 aromatic rings. The maximum Gasteiger partial charge on any atom is 0.264 e. The smallest absolute Gasteiger partial charge is 0.264 e. The van der Waals surface area contributed by atoms with E-state index in [9.17, 15) is 10.1 Å². The Morgan fingerprint density at radius 1 is 1.24 bits per heavy atom. The minimum Gasteiger partial charge on any atom is -0.454 e. The monoisotopic (exact) mass is 337 g/mol. The number of hydrogen-bond donors (Lipinski definition) is 0. The minimum atomic E-state index is -0.310. The van der Waals surface area contributed by atoms with Crippen LogP contribution in [0.4, 0.5) is 0 Å². The Balaban J connectivity index is 2.05. The molecule has 128 valence electrons. The molecule has 1 aromatic carbocycles. The van der Waals surface area contributed by atoms with E-state index in [1.165, 1.54) is 4.90 Å². The third kappa shape index (κ3) is 2.96. The minimum absolute atomic E-state index is 0.107. The van der Waals surface area contributed by atoms with Crippen LogP contribution in [0.5, 0.6) is 11.5 Å². The van der Waals surface area contributed by atoms with E-state index < -0.39 is 0 Å². The first-order chi connectivity index (χ1) is 11.9. The van der Waals surface area contributed by atoms with Gasteiger partial charge in [0.1, 0.15) is 11.6 Å². The summed E-state index contributed by atoms with van der Waals surface area (Å²) in [5.74, 6) is 1.13. The Morgan fingerprint density at radius 3 is 2.64 bits per heavy atom. The number of fused-ring (bicyclic) bond motifs is 1. The number of aromatic nitrogens is 1. The second-order valence-electron chi connectivity index (χ2n) is 6.07. The summed E-state index contributed by atoms with van der Waals surface area (Å²) in [6, 6.07) is 9.70. The predicted molar refractivity (Wildman–Crippen MR) is 93.7 cm³/mol. The van der Waals surface area contributed by atoms with Crippen LogP contribution in [0.25, 0.3) is 11.8 Å². The standard InChI is InChI=1S/C19H19N3O3/c1-12-7-14(8-15(10-20)19(23)21(3)4)13(2)22(12)16-5-6-17-18(9-16)25-11-24-17/h5-9H,11H2,1-4H3/b15-8+. The average Bonchev–Trinajstić information content (AvgIpc) is 3.15. The average molecular weight is 337 g/mol. The van der Waals surface area contributed by atoms with Crippen molar-refractivity contribution in [1.82, 2.24) is 9.47 Å².